The van der Waals surface area contributed by atoms with Crippen LogP contribution in [0, 0.1) is 11.8 Å². The normalized spacial score (nSPS) is 21.5. The van der Waals surface area contributed by atoms with Crippen LogP contribution in [0.15, 0.2) is 4.99 Å². The Labute approximate surface area is 174 Å². The van der Waals surface area contributed by atoms with Crippen LogP contribution < -0.4 is 10.6 Å². The Morgan fingerprint density at radius 2 is 2.08 bits per heavy atom. The van der Waals surface area contributed by atoms with E-state index in [2.05, 4.69) is 15.6 Å². The van der Waals surface area contributed by atoms with Crippen molar-refractivity contribution < 1.29 is 14.6 Å². The topological polar surface area (TPSA) is 86.2 Å². The lowest BCUT2D eigenvalue weighted by molar-refractivity contribution is -0.133. The van der Waals surface area contributed by atoms with E-state index < -0.39 is 6.10 Å². The Kier molecular flexibility index (Phi) is 10.8. The maximum atomic E-state index is 12.1. The number of aliphatic hydroxyl groups excluding tert-OH is 1. The van der Waals surface area contributed by atoms with E-state index in [9.17, 15) is 9.90 Å². The maximum absolute atomic E-state index is 12.1. The number of aliphatic hydroxyl groups is 1. The van der Waals surface area contributed by atoms with Gasteiger partial charge in [0, 0.05) is 38.2 Å². The number of guanidine groups is 1. The molecule has 26 heavy (non-hydrogen) atoms. The van der Waals surface area contributed by atoms with Gasteiger partial charge in [-0.25, -0.2) is 0 Å². The zero-order valence-corrected chi connectivity index (χ0v) is 18.6. The van der Waals surface area contributed by atoms with Crippen molar-refractivity contribution in [3.8, 4) is 0 Å². The van der Waals surface area contributed by atoms with Gasteiger partial charge >= 0.3 is 0 Å². The Balaban J connectivity index is 0.00000338. The minimum atomic E-state index is -0.586. The Hall–Kier alpha value is -0.610. The molecule has 2 atom stereocenters. The predicted octanol–water partition coefficient (Wildman–Crippen LogP) is 1.20. The molecule has 0 spiro atoms. The molecule has 1 aliphatic carbocycles. The molecular weight excluding hydrogens is 447 g/mol. The van der Waals surface area contributed by atoms with Crippen molar-refractivity contribution in [2.45, 2.75) is 52.2 Å². The predicted molar refractivity (Wildman–Crippen MR) is 114 cm³/mol. The number of carbonyl (C=O) groups is 1. The molecule has 0 radical (unpaired) electrons. The molecule has 1 aliphatic heterocycles. The lowest BCUT2D eigenvalue weighted by atomic mass is 10.2. The van der Waals surface area contributed by atoms with E-state index in [0.29, 0.717) is 31.6 Å². The maximum Gasteiger partial charge on any atom is 0.225 e. The number of ether oxygens (including phenoxy) is 1. The summed E-state index contributed by atoms with van der Waals surface area (Å²) in [4.78, 5) is 18.4. The summed E-state index contributed by atoms with van der Waals surface area (Å²) in [6, 6.07) is 0.198. The van der Waals surface area contributed by atoms with Crippen molar-refractivity contribution in [2.75, 3.05) is 39.4 Å². The van der Waals surface area contributed by atoms with Gasteiger partial charge in [0.25, 0.3) is 0 Å². The second-order valence-electron chi connectivity index (χ2n) is 7.42. The summed E-state index contributed by atoms with van der Waals surface area (Å²) >= 11 is 0. The van der Waals surface area contributed by atoms with Crippen molar-refractivity contribution >= 4 is 35.8 Å². The number of hydrogen-bond donors (Lipinski definition) is 3. The molecule has 8 heteroatoms. The fourth-order valence-electron chi connectivity index (χ4n) is 2.86. The Morgan fingerprint density at radius 1 is 1.35 bits per heavy atom. The third-order valence-corrected chi connectivity index (χ3v) is 4.50. The van der Waals surface area contributed by atoms with Crippen LogP contribution in [0.25, 0.3) is 0 Å². The molecule has 0 bridgehead atoms. The summed E-state index contributed by atoms with van der Waals surface area (Å²) in [6.45, 7) is 9.50. The summed E-state index contributed by atoms with van der Waals surface area (Å²) in [5.74, 6) is 1.63. The second kappa shape index (κ2) is 12.0. The molecule has 2 fully saturated rings. The molecule has 1 amide bonds. The highest BCUT2D eigenvalue weighted by Gasteiger charge is 2.28. The zero-order valence-electron chi connectivity index (χ0n) is 16.2. The highest BCUT2D eigenvalue weighted by molar-refractivity contribution is 14.0. The van der Waals surface area contributed by atoms with E-state index in [4.69, 9.17) is 4.74 Å². The first kappa shape index (κ1) is 23.4. The Bertz CT molecular complexity index is 458. The molecule has 0 aromatic rings. The third kappa shape index (κ3) is 8.39. The van der Waals surface area contributed by atoms with Crippen molar-refractivity contribution in [3.05, 3.63) is 0 Å². The summed E-state index contributed by atoms with van der Waals surface area (Å²) in [5, 5.41) is 16.6. The van der Waals surface area contributed by atoms with Gasteiger partial charge in [0.2, 0.25) is 5.91 Å². The quantitative estimate of drug-likeness (QED) is 0.261. The van der Waals surface area contributed by atoms with Crippen molar-refractivity contribution in [1.29, 1.82) is 0 Å². The van der Waals surface area contributed by atoms with Crippen molar-refractivity contribution in [1.82, 2.24) is 15.5 Å². The summed E-state index contributed by atoms with van der Waals surface area (Å²) in [7, 11) is 0. The summed E-state index contributed by atoms with van der Waals surface area (Å²) in [6.07, 6.45) is 2.83. The number of hydrogen-bond acceptors (Lipinski definition) is 4. The molecule has 1 heterocycles. The van der Waals surface area contributed by atoms with Gasteiger partial charge in [0.05, 0.1) is 19.3 Å². The highest BCUT2D eigenvalue weighted by Crippen LogP contribution is 2.28. The third-order valence-electron chi connectivity index (χ3n) is 4.50. The number of aliphatic imine (C=N–C) groups is 1. The van der Waals surface area contributed by atoms with E-state index in [1.54, 1.807) is 0 Å². The largest absolute Gasteiger partial charge is 0.389 e. The fourth-order valence-corrected chi connectivity index (χ4v) is 2.86. The van der Waals surface area contributed by atoms with E-state index in [1.165, 1.54) is 12.8 Å². The average Bonchev–Trinajstić information content (AvgIpc) is 3.28. The number of nitrogens with zero attached hydrogens (tertiary/aromatic N) is 2. The Morgan fingerprint density at radius 3 is 2.69 bits per heavy atom. The minimum absolute atomic E-state index is 0. The van der Waals surface area contributed by atoms with Crippen molar-refractivity contribution in [2.24, 2.45) is 16.8 Å². The van der Waals surface area contributed by atoms with Crippen LogP contribution >= 0.6 is 24.0 Å². The van der Waals surface area contributed by atoms with Crippen LogP contribution in [0.2, 0.25) is 0 Å². The summed E-state index contributed by atoms with van der Waals surface area (Å²) < 4.78 is 5.50. The van der Waals surface area contributed by atoms with Gasteiger partial charge in [-0.2, -0.15) is 0 Å². The molecule has 2 rings (SSSR count). The molecule has 0 aromatic heterocycles. The lowest BCUT2D eigenvalue weighted by Gasteiger charge is -2.20. The van der Waals surface area contributed by atoms with Gasteiger partial charge in [-0.1, -0.05) is 13.8 Å². The van der Waals surface area contributed by atoms with Crippen LogP contribution in [-0.2, 0) is 9.53 Å². The minimum Gasteiger partial charge on any atom is -0.389 e. The summed E-state index contributed by atoms with van der Waals surface area (Å²) in [5.41, 5.74) is 0. The SMILES string of the molecule is CCNC(=NCC(O)COCC1CC1)NC1CCN(C(=O)C(C)C)C1.I. The highest BCUT2D eigenvalue weighted by atomic mass is 127. The van der Waals surface area contributed by atoms with Gasteiger partial charge in [0.15, 0.2) is 5.96 Å². The molecule has 2 aliphatic rings. The molecule has 3 N–H and O–H groups in total. The fraction of sp³-hybridized carbons (Fsp3) is 0.889. The van der Waals surface area contributed by atoms with Crippen LogP contribution in [0.4, 0.5) is 0 Å². The van der Waals surface area contributed by atoms with Gasteiger partial charge in [-0.05, 0) is 32.1 Å². The van der Waals surface area contributed by atoms with Crippen LogP contribution in [-0.4, -0.2) is 73.4 Å². The number of rotatable bonds is 9. The first-order valence-electron chi connectivity index (χ1n) is 9.59. The molecule has 152 valence electrons. The average molecular weight is 482 g/mol. The van der Waals surface area contributed by atoms with Crippen LogP contribution in [0.3, 0.4) is 0 Å². The van der Waals surface area contributed by atoms with Gasteiger partial charge < -0.3 is 25.4 Å². The monoisotopic (exact) mass is 482 g/mol. The second-order valence-corrected chi connectivity index (χ2v) is 7.42. The molecule has 2 unspecified atom stereocenters. The standard InChI is InChI=1S/C18H34N4O3.HI/c1-4-19-18(20-9-16(23)12-25-11-14-5-6-14)21-15-7-8-22(10-15)17(24)13(2)3;/h13-16,23H,4-12H2,1-3H3,(H2,19,20,21);1H. The number of nitrogens with one attached hydrogen (secondary N) is 2. The van der Waals surface area contributed by atoms with Crippen molar-refractivity contribution in [3.63, 3.8) is 0 Å². The number of amides is 1. The van der Waals surface area contributed by atoms with E-state index in [-0.39, 0.29) is 41.8 Å². The smallest absolute Gasteiger partial charge is 0.225 e. The van der Waals surface area contributed by atoms with Crippen LogP contribution in [0.1, 0.15) is 40.0 Å². The van der Waals surface area contributed by atoms with E-state index in [0.717, 1.165) is 26.1 Å². The van der Waals surface area contributed by atoms with Gasteiger partial charge in [-0.15, -0.1) is 24.0 Å². The zero-order chi connectivity index (χ0) is 18.2. The first-order valence-corrected chi connectivity index (χ1v) is 9.59. The number of halogens is 1. The van der Waals surface area contributed by atoms with Gasteiger partial charge in [-0.3, -0.25) is 9.79 Å². The molecule has 1 saturated heterocycles. The lowest BCUT2D eigenvalue weighted by Crippen LogP contribution is -2.45. The molecule has 7 nitrogen and oxygen atoms in total. The molecule has 0 aromatic carbocycles. The van der Waals surface area contributed by atoms with E-state index >= 15 is 0 Å². The van der Waals surface area contributed by atoms with Crippen LogP contribution in [0.5, 0.6) is 0 Å². The van der Waals surface area contributed by atoms with Gasteiger partial charge in [0.1, 0.15) is 0 Å². The molecule has 1 saturated carbocycles. The number of carbonyl (C=O) groups excluding carboxylic acids is 1. The van der Waals surface area contributed by atoms with E-state index in [1.807, 2.05) is 25.7 Å². The first-order chi connectivity index (χ1) is 12.0. The number of likely N-dealkylation sites (tertiary alicyclic amines) is 1. The molecular formula is C18H35IN4O3.